The molecule has 0 unspecified atom stereocenters. The van der Waals surface area contributed by atoms with Gasteiger partial charge in [0.15, 0.2) is 4.80 Å². The van der Waals surface area contributed by atoms with Crippen molar-refractivity contribution in [3.05, 3.63) is 67.5 Å². The molecule has 0 bridgehead atoms. The fraction of sp³-hybridized carbons (Fsp3) is 0.286. The highest BCUT2D eigenvalue weighted by Crippen LogP contribution is 2.25. The van der Waals surface area contributed by atoms with Crippen LogP contribution in [0, 0.1) is 30.9 Å². The SMILES string of the molecule is CCOC(=O)Cn1c(=NC(=O)c2cccc([N+](=O)[O-])c2C)sc2c(C)cc(C)cc21. The molecule has 3 aromatic rings. The summed E-state index contributed by atoms with van der Waals surface area (Å²) in [7, 11) is 0. The fourth-order valence-corrected chi connectivity index (χ4v) is 4.36. The molecule has 3 rings (SSSR count). The van der Waals surface area contributed by atoms with Crippen LogP contribution in [0.1, 0.15) is 34.0 Å². The zero-order valence-corrected chi connectivity index (χ0v) is 17.9. The largest absolute Gasteiger partial charge is 0.465 e. The second-order valence-electron chi connectivity index (χ2n) is 6.83. The summed E-state index contributed by atoms with van der Waals surface area (Å²) in [5.41, 5.74) is 3.07. The number of amides is 1. The van der Waals surface area contributed by atoms with Crippen LogP contribution in [-0.4, -0.2) is 28.0 Å². The lowest BCUT2D eigenvalue weighted by atomic mass is 10.1. The molecule has 0 saturated heterocycles. The van der Waals surface area contributed by atoms with Gasteiger partial charge in [-0.3, -0.25) is 19.7 Å². The van der Waals surface area contributed by atoms with Crippen molar-refractivity contribution >= 4 is 39.1 Å². The van der Waals surface area contributed by atoms with E-state index in [9.17, 15) is 19.7 Å². The molecule has 0 saturated carbocycles. The molecule has 2 aromatic carbocycles. The Morgan fingerprint density at radius 1 is 1.23 bits per heavy atom. The number of rotatable bonds is 5. The van der Waals surface area contributed by atoms with Gasteiger partial charge >= 0.3 is 5.97 Å². The molecule has 0 aliphatic rings. The van der Waals surface area contributed by atoms with E-state index in [-0.39, 0.29) is 30.0 Å². The normalized spacial score (nSPS) is 11.7. The lowest BCUT2D eigenvalue weighted by Crippen LogP contribution is -2.23. The lowest BCUT2D eigenvalue weighted by molar-refractivity contribution is -0.385. The third-order valence-electron chi connectivity index (χ3n) is 4.64. The molecule has 9 heteroatoms. The molecule has 1 aromatic heterocycles. The maximum absolute atomic E-state index is 12.9. The van der Waals surface area contributed by atoms with Gasteiger partial charge in [-0.1, -0.05) is 23.5 Å². The summed E-state index contributed by atoms with van der Waals surface area (Å²) in [5.74, 6) is -1.04. The minimum Gasteiger partial charge on any atom is -0.465 e. The average molecular weight is 427 g/mol. The Bertz CT molecular complexity index is 1240. The van der Waals surface area contributed by atoms with Gasteiger partial charge < -0.3 is 9.30 Å². The standard InChI is InChI=1S/C21H21N3O5S/c1-5-29-18(25)11-23-17-10-12(2)9-13(3)19(17)30-21(23)22-20(26)15-7-6-8-16(14(15)4)24(27)28/h6-10H,5,11H2,1-4H3. The van der Waals surface area contributed by atoms with Crippen molar-refractivity contribution in [3.63, 3.8) is 0 Å². The van der Waals surface area contributed by atoms with E-state index in [1.807, 2.05) is 26.0 Å². The molecule has 0 radical (unpaired) electrons. The van der Waals surface area contributed by atoms with Gasteiger partial charge in [0.1, 0.15) is 6.54 Å². The topological polar surface area (TPSA) is 104 Å². The lowest BCUT2D eigenvalue weighted by Gasteiger charge is -2.06. The number of aromatic nitrogens is 1. The Labute approximate surface area is 176 Å². The van der Waals surface area contributed by atoms with Crippen LogP contribution in [0.4, 0.5) is 5.69 Å². The highest BCUT2D eigenvalue weighted by Gasteiger charge is 2.19. The Kier molecular flexibility index (Phi) is 6.12. The maximum Gasteiger partial charge on any atom is 0.326 e. The molecule has 30 heavy (non-hydrogen) atoms. The number of thiazole rings is 1. The Balaban J connectivity index is 2.19. The molecule has 1 heterocycles. The van der Waals surface area contributed by atoms with Gasteiger partial charge in [0.05, 0.1) is 27.3 Å². The number of hydrogen-bond donors (Lipinski definition) is 0. The number of aryl methyl sites for hydroxylation is 2. The number of nitrogens with zero attached hydrogens (tertiary/aromatic N) is 3. The monoisotopic (exact) mass is 427 g/mol. The minimum atomic E-state index is -0.602. The number of fused-ring (bicyclic) bond motifs is 1. The Morgan fingerprint density at radius 3 is 2.63 bits per heavy atom. The van der Waals surface area contributed by atoms with Crippen LogP contribution in [0.15, 0.2) is 35.3 Å². The first-order valence-corrected chi connectivity index (χ1v) is 10.1. The molecule has 1 amide bonds. The van der Waals surface area contributed by atoms with Crippen molar-refractivity contribution in [3.8, 4) is 0 Å². The van der Waals surface area contributed by atoms with Gasteiger partial charge in [-0.15, -0.1) is 0 Å². The summed E-state index contributed by atoms with van der Waals surface area (Å²) in [6.07, 6.45) is 0. The first-order chi connectivity index (χ1) is 14.2. The first-order valence-electron chi connectivity index (χ1n) is 9.32. The smallest absolute Gasteiger partial charge is 0.326 e. The predicted octanol–water partition coefficient (Wildman–Crippen LogP) is 3.84. The van der Waals surface area contributed by atoms with Crippen LogP contribution in [0.2, 0.25) is 0 Å². The molecule has 0 spiro atoms. The van der Waals surface area contributed by atoms with Gasteiger partial charge in [-0.2, -0.15) is 4.99 Å². The van der Waals surface area contributed by atoms with E-state index in [1.165, 1.54) is 36.5 Å². The summed E-state index contributed by atoms with van der Waals surface area (Å²) in [6.45, 7) is 7.31. The van der Waals surface area contributed by atoms with E-state index in [2.05, 4.69) is 4.99 Å². The fourth-order valence-electron chi connectivity index (χ4n) is 3.29. The average Bonchev–Trinajstić information content (AvgIpc) is 2.99. The number of esters is 1. The number of nitro benzene ring substituents is 1. The number of ether oxygens (including phenoxy) is 1. The van der Waals surface area contributed by atoms with Crippen LogP contribution < -0.4 is 4.80 Å². The molecule has 0 N–H and O–H groups in total. The third-order valence-corrected chi connectivity index (χ3v) is 5.87. The van der Waals surface area contributed by atoms with Crippen molar-refractivity contribution < 1.29 is 19.2 Å². The predicted molar refractivity (Wildman–Crippen MR) is 114 cm³/mol. The van der Waals surface area contributed by atoms with Crippen LogP contribution in [0.25, 0.3) is 10.2 Å². The molecular weight excluding hydrogens is 406 g/mol. The molecular formula is C21H21N3O5S. The van der Waals surface area contributed by atoms with Crippen molar-refractivity contribution in [2.24, 2.45) is 4.99 Å². The maximum atomic E-state index is 12.9. The van der Waals surface area contributed by atoms with E-state index in [1.54, 1.807) is 11.5 Å². The van der Waals surface area contributed by atoms with Crippen LogP contribution in [-0.2, 0) is 16.1 Å². The van der Waals surface area contributed by atoms with Crippen LogP contribution >= 0.6 is 11.3 Å². The Morgan fingerprint density at radius 2 is 1.97 bits per heavy atom. The Hall–Kier alpha value is -3.33. The number of hydrogen-bond acceptors (Lipinski definition) is 6. The third kappa shape index (κ3) is 4.16. The second kappa shape index (κ2) is 8.58. The number of nitro groups is 1. The van der Waals surface area contributed by atoms with Crippen molar-refractivity contribution in [2.75, 3.05) is 6.61 Å². The second-order valence-corrected chi connectivity index (χ2v) is 7.81. The number of benzene rings is 2. The molecule has 0 aliphatic heterocycles. The van der Waals surface area contributed by atoms with Crippen LogP contribution in [0.5, 0.6) is 0 Å². The zero-order valence-electron chi connectivity index (χ0n) is 17.1. The molecule has 0 aliphatic carbocycles. The first kappa shape index (κ1) is 21.4. The van der Waals surface area contributed by atoms with Gasteiger partial charge in [-0.05, 0) is 51.0 Å². The number of carbonyl (C=O) groups excluding carboxylic acids is 2. The van der Waals surface area contributed by atoms with E-state index in [0.717, 1.165) is 21.3 Å². The summed E-state index contributed by atoms with van der Waals surface area (Å²) in [4.78, 5) is 40.3. The van der Waals surface area contributed by atoms with Crippen molar-refractivity contribution in [1.29, 1.82) is 0 Å². The summed E-state index contributed by atoms with van der Waals surface area (Å²) in [5, 5.41) is 11.2. The van der Waals surface area contributed by atoms with Gasteiger partial charge in [0.2, 0.25) is 0 Å². The summed E-state index contributed by atoms with van der Waals surface area (Å²) >= 11 is 1.29. The van der Waals surface area contributed by atoms with Gasteiger partial charge in [-0.25, -0.2) is 0 Å². The zero-order chi connectivity index (χ0) is 22.0. The molecule has 156 valence electrons. The quantitative estimate of drug-likeness (QED) is 0.350. The van der Waals surface area contributed by atoms with Crippen LogP contribution in [0.3, 0.4) is 0 Å². The van der Waals surface area contributed by atoms with E-state index >= 15 is 0 Å². The summed E-state index contributed by atoms with van der Waals surface area (Å²) < 4.78 is 7.64. The summed E-state index contributed by atoms with van der Waals surface area (Å²) in [6, 6.07) is 8.26. The van der Waals surface area contributed by atoms with Gasteiger partial charge in [0, 0.05) is 11.6 Å². The van der Waals surface area contributed by atoms with E-state index in [0.29, 0.717) is 4.80 Å². The minimum absolute atomic E-state index is 0.0865. The van der Waals surface area contributed by atoms with E-state index in [4.69, 9.17) is 4.74 Å². The van der Waals surface area contributed by atoms with Crippen molar-refractivity contribution in [2.45, 2.75) is 34.2 Å². The highest BCUT2D eigenvalue weighted by molar-refractivity contribution is 7.16. The molecule has 8 nitrogen and oxygen atoms in total. The van der Waals surface area contributed by atoms with E-state index < -0.39 is 16.8 Å². The van der Waals surface area contributed by atoms with Gasteiger partial charge in [0.25, 0.3) is 11.6 Å². The highest BCUT2D eigenvalue weighted by atomic mass is 32.1. The van der Waals surface area contributed by atoms with Crippen molar-refractivity contribution in [1.82, 2.24) is 4.57 Å². The molecule has 0 atom stereocenters. The number of carbonyl (C=O) groups is 2. The molecule has 0 fully saturated rings.